The Hall–Kier alpha value is -0.820. The lowest BCUT2D eigenvalue weighted by Gasteiger charge is -2.12. The molecular formula is C15H23N. The van der Waals surface area contributed by atoms with Crippen LogP contribution in [0.25, 0.3) is 0 Å². The minimum Gasteiger partial charge on any atom is -0.324 e. The average Bonchev–Trinajstić information content (AvgIpc) is 3.01. The summed E-state index contributed by atoms with van der Waals surface area (Å²) in [6, 6.07) is 9.15. The molecular weight excluding hydrogens is 194 g/mol. The molecule has 1 nitrogen and oxygen atoms in total. The molecule has 88 valence electrons. The zero-order chi connectivity index (χ0) is 11.5. The summed E-state index contributed by atoms with van der Waals surface area (Å²) in [5, 5.41) is 0. The molecule has 2 rings (SSSR count). The molecule has 1 fully saturated rings. The van der Waals surface area contributed by atoms with Gasteiger partial charge in [0.05, 0.1) is 0 Å². The smallest absolute Gasteiger partial charge is 0.0297 e. The number of hydrogen-bond acceptors (Lipinski definition) is 1. The van der Waals surface area contributed by atoms with Crippen molar-refractivity contribution in [1.29, 1.82) is 0 Å². The van der Waals surface area contributed by atoms with Gasteiger partial charge in [0, 0.05) is 6.04 Å². The van der Waals surface area contributed by atoms with E-state index in [2.05, 4.69) is 38.1 Å². The van der Waals surface area contributed by atoms with Crippen molar-refractivity contribution in [3.05, 3.63) is 35.4 Å². The summed E-state index contributed by atoms with van der Waals surface area (Å²) < 4.78 is 0. The van der Waals surface area contributed by atoms with Crippen LogP contribution in [-0.2, 0) is 6.42 Å². The van der Waals surface area contributed by atoms with E-state index >= 15 is 0 Å². The first kappa shape index (κ1) is 11.7. The molecule has 16 heavy (non-hydrogen) atoms. The summed E-state index contributed by atoms with van der Waals surface area (Å²) in [6.07, 6.45) is 5.11. The van der Waals surface area contributed by atoms with E-state index in [0.29, 0.717) is 0 Å². The maximum absolute atomic E-state index is 6.19. The highest BCUT2D eigenvalue weighted by molar-refractivity contribution is 5.25. The minimum absolute atomic E-state index is 0.251. The van der Waals surface area contributed by atoms with E-state index in [-0.39, 0.29) is 6.04 Å². The Morgan fingerprint density at radius 3 is 2.31 bits per heavy atom. The molecule has 0 aromatic heterocycles. The average molecular weight is 217 g/mol. The molecule has 1 heteroatoms. The molecule has 0 radical (unpaired) electrons. The molecule has 1 aliphatic carbocycles. The number of benzene rings is 1. The molecule has 1 unspecified atom stereocenters. The molecule has 0 saturated heterocycles. The molecule has 0 spiro atoms. The topological polar surface area (TPSA) is 26.0 Å². The summed E-state index contributed by atoms with van der Waals surface area (Å²) in [5.74, 6) is 1.64. The van der Waals surface area contributed by atoms with Gasteiger partial charge in [-0.3, -0.25) is 0 Å². The van der Waals surface area contributed by atoms with Gasteiger partial charge in [-0.1, -0.05) is 51.0 Å². The third kappa shape index (κ3) is 3.34. The largest absolute Gasteiger partial charge is 0.324 e. The van der Waals surface area contributed by atoms with Crippen molar-refractivity contribution in [1.82, 2.24) is 0 Å². The highest BCUT2D eigenvalue weighted by atomic mass is 14.6. The fraction of sp³-hybridized carbons (Fsp3) is 0.600. The fourth-order valence-electron chi connectivity index (χ4n) is 2.22. The van der Waals surface area contributed by atoms with Crippen LogP contribution in [0.3, 0.4) is 0 Å². The van der Waals surface area contributed by atoms with Crippen LogP contribution < -0.4 is 5.73 Å². The van der Waals surface area contributed by atoms with Crippen molar-refractivity contribution in [2.24, 2.45) is 17.6 Å². The Kier molecular flexibility index (Phi) is 3.65. The van der Waals surface area contributed by atoms with Crippen LogP contribution in [0.5, 0.6) is 0 Å². The highest BCUT2D eigenvalue weighted by Gasteiger charge is 2.24. The highest BCUT2D eigenvalue weighted by Crippen LogP contribution is 2.36. The SMILES string of the molecule is CC(C)Cc1ccc(C(N)CC2CC2)cc1. The number of hydrogen-bond donors (Lipinski definition) is 1. The van der Waals surface area contributed by atoms with Crippen LogP contribution in [0.4, 0.5) is 0 Å². The monoisotopic (exact) mass is 217 g/mol. The maximum Gasteiger partial charge on any atom is 0.0297 e. The van der Waals surface area contributed by atoms with E-state index in [9.17, 15) is 0 Å². The molecule has 2 N–H and O–H groups in total. The van der Waals surface area contributed by atoms with E-state index in [1.165, 1.54) is 30.4 Å². The van der Waals surface area contributed by atoms with E-state index in [0.717, 1.165) is 18.3 Å². The van der Waals surface area contributed by atoms with Crippen molar-refractivity contribution in [3.63, 3.8) is 0 Å². The second-order valence-corrected chi connectivity index (χ2v) is 5.63. The lowest BCUT2D eigenvalue weighted by atomic mass is 9.97. The van der Waals surface area contributed by atoms with Crippen LogP contribution in [0.15, 0.2) is 24.3 Å². The summed E-state index contributed by atoms with van der Waals surface area (Å²) >= 11 is 0. The zero-order valence-corrected chi connectivity index (χ0v) is 10.4. The van der Waals surface area contributed by atoms with E-state index in [4.69, 9.17) is 5.73 Å². The van der Waals surface area contributed by atoms with Crippen molar-refractivity contribution in [2.75, 3.05) is 0 Å². The Labute approximate surface area is 99.0 Å². The molecule has 1 saturated carbocycles. The predicted molar refractivity (Wildman–Crippen MR) is 69.3 cm³/mol. The number of rotatable bonds is 5. The van der Waals surface area contributed by atoms with Gasteiger partial charge in [0.15, 0.2) is 0 Å². The Balaban J connectivity index is 1.94. The molecule has 1 aromatic carbocycles. The van der Waals surface area contributed by atoms with Crippen molar-refractivity contribution < 1.29 is 0 Å². The van der Waals surface area contributed by atoms with Crippen LogP contribution in [0.2, 0.25) is 0 Å². The first-order valence-corrected chi connectivity index (χ1v) is 6.49. The van der Waals surface area contributed by atoms with Crippen molar-refractivity contribution >= 4 is 0 Å². The van der Waals surface area contributed by atoms with Crippen LogP contribution in [0.1, 0.15) is 50.3 Å². The summed E-state index contributed by atoms with van der Waals surface area (Å²) in [6.45, 7) is 4.51. The fourth-order valence-corrected chi connectivity index (χ4v) is 2.22. The predicted octanol–water partition coefficient (Wildman–Crippen LogP) is 3.69. The normalized spacial score (nSPS) is 17.8. The first-order chi connectivity index (χ1) is 7.65. The third-order valence-electron chi connectivity index (χ3n) is 3.34. The second kappa shape index (κ2) is 5.01. The van der Waals surface area contributed by atoms with Gasteiger partial charge in [-0.15, -0.1) is 0 Å². The third-order valence-corrected chi connectivity index (χ3v) is 3.34. The molecule has 0 amide bonds. The molecule has 0 bridgehead atoms. The Bertz CT molecular complexity index is 322. The van der Waals surface area contributed by atoms with E-state index < -0.39 is 0 Å². The summed E-state index contributed by atoms with van der Waals surface area (Å²) in [7, 11) is 0. The van der Waals surface area contributed by atoms with Gasteiger partial charge in [-0.2, -0.15) is 0 Å². The Morgan fingerprint density at radius 2 is 1.81 bits per heavy atom. The first-order valence-electron chi connectivity index (χ1n) is 6.49. The maximum atomic E-state index is 6.19. The van der Waals surface area contributed by atoms with Gasteiger partial charge in [0.2, 0.25) is 0 Å². The van der Waals surface area contributed by atoms with Crippen molar-refractivity contribution in [2.45, 2.75) is 45.6 Å². The van der Waals surface area contributed by atoms with Gasteiger partial charge in [-0.05, 0) is 35.8 Å². The van der Waals surface area contributed by atoms with E-state index in [1.54, 1.807) is 0 Å². The van der Waals surface area contributed by atoms with E-state index in [1.807, 2.05) is 0 Å². The van der Waals surface area contributed by atoms with Crippen molar-refractivity contribution in [3.8, 4) is 0 Å². The van der Waals surface area contributed by atoms with Gasteiger partial charge >= 0.3 is 0 Å². The van der Waals surface area contributed by atoms with Gasteiger partial charge in [0.25, 0.3) is 0 Å². The van der Waals surface area contributed by atoms with Gasteiger partial charge in [0.1, 0.15) is 0 Å². The van der Waals surface area contributed by atoms with Crippen LogP contribution in [0, 0.1) is 11.8 Å². The molecule has 1 aliphatic rings. The van der Waals surface area contributed by atoms with Gasteiger partial charge in [-0.25, -0.2) is 0 Å². The standard InChI is InChI=1S/C15H23N/c1-11(2)9-12-5-7-14(8-6-12)15(16)10-13-3-4-13/h5-8,11,13,15H,3-4,9-10,16H2,1-2H3. The minimum atomic E-state index is 0.251. The molecule has 0 heterocycles. The second-order valence-electron chi connectivity index (χ2n) is 5.63. The van der Waals surface area contributed by atoms with Crippen LogP contribution in [-0.4, -0.2) is 0 Å². The summed E-state index contributed by atoms with van der Waals surface area (Å²) in [5.41, 5.74) is 8.92. The molecule has 1 aromatic rings. The molecule has 1 atom stereocenters. The Morgan fingerprint density at radius 1 is 1.19 bits per heavy atom. The van der Waals surface area contributed by atoms with Gasteiger partial charge < -0.3 is 5.73 Å². The van der Waals surface area contributed by atoms with Crippen LogP contribution >= 0.6 is 0 Å². The molecule has 0 aliphatic heterocycles. The lowest BCUT2D eigenvalue weighted by molar-refractivity contribution is 0.596. The summed E-state index contributed by atoms with van der Waals surface area (Å²) in [4.78, 5) is 0. The quantitative estimate of drug-likeness (QED) is 0.800. The zero-order valence-electron chi connectivity index (χ0n) is 10.4. The number of nitrogens with two attached hydrogens (primary N) is 1. The lowest BCUT2D eigenvalue weighted by Crippen LogP contribution is -2.11.